The lowest BCUT2D eigenvalue weighted by molar-refractivity contribution is 0.0589. The highest BCUT2D eigenvalue weighted by Crippen LogP contribution is 2.27. The molecule has 1 heterocycles. The number of ether oxygens (including phenoxy) is 3. The first-order chi connectivity index (χ1) is 28.2. The van der Waals surface area contributed by atoms with Crippen LogP contribution >= 0.6 is 0 Å². The Balaban J connectivity index is 0.844. The fourth-order valence-corrected chi connectivity index (χ4v) is 6.88. The molecule has 0 unspecified atom stereocenters. The van der Waals surface area contributed by atoms with Gasteiger partial charge in [-0.15, -0.1) is 0 Å². The number of benzene rings is 6. The summed E-state index contributed by atoms with van der Waals surface area (Å²) in [5.41, 5.74) is 8.84. The van der Waals surface area contributed by atoms with E-state index in [1.165, 1.54) is 7.11 Å². The lowest BCUT2D eigenvalue weighted by Crippen LogP contribution is -2.41. The maximum atomic E-state index is 13.0. The van der Waals surface area contributed by atoms with E-state index in [-0.39, 0.29) is 23.9 Å². The van der Waals surface area contributed by atoms with E-state index in [1.54, 1.807) is 12.1 Å². The summed E-state index contributed by atoms with van der Waals surface area (Å²) in [6.45, 7) is 4.19. The molecule has 0 spiro atoms. The summed E-state index contributed by atoms with van der Waals surface area (Å²) in [5, 5.41) is 3.03. The number of amides is 2. The lowest BCUT2D eigenvalue weighted by atomic mass is 10.0. The molecule has 9 heteroatoms. The molecule has 0 aromatic heterocycles. The minimum absolute atomic E-state index is 0.0759. The van der Waals surface area contributed by atoms with E-state index >= 15 is 0 Å². The van der Waals surface area contributed by atoms with E-state index < -0.39 is 0 Å². The maximum absolute atomic E-state index is 13.0. The third-order valence-electron chi connectivity index (χ3n) is 10.4. The Morgan fingerprint density at radius 1 is 0.672 bits per heavy atom. The maximum Gasteiger partial charge on any atom is 0.337 e. The molecule has 1 fully saturated rings. The highest BCUT2D eigenvalue weighted by Gasteiger charge is 2.25. The van der Waals surface area contributed by atoms with Crippen LogP contribution in [0, 0.1) is 6.92 Å². The number of anilines is 2. The van der Waals surface area contributed by atoms with Gasteiger partial charge in [0, 0.05) is 62.0 Å². The van der Waals surface area contributed by atoms with Crippen molar-refractivity contribution >= 4 is 29.2 Å². The number of carbonyl (C=O) groups is 3. The largest absolute Gasteiger partial charge is 0.490 e. The molecule has 0 saturated carbocycles. The average Bonchev–Trinajstić information content (AvgIpc) is 3.28. The molecule has 7 rings (SSSR count). The third-order valence-corrected chi connectivity index (χ3v) is 10.4. The molecule has 6 aromatic rings. The molecule has 0 atom stereocenters. The first-order valence-electron chi connectivity index (χ1n) is 19.5. The van der Waals surface area contributed by atoms with Crippen molar-refractivity contribution in [1.29, 1.82) is 0 Å². The van der Waals surface area contributed by atoms with Crippen molar-refractivity contribution in [2.45, 2.75) is 39.0 Å². The highest BCUT2D eigenvalue weighted by molar-refractivity contribution is 5.95. The number of hydrogen-bond acceptors (Lipinski definition) is 7. The van der Waals surface area contributed by atoms with Gasteiger partial charge in [-0.1, -0.05) is 66.2 Å². The molecule has 0 radical (unpaired) electrons. The number of likely N-dealkylation sites (tertiary alicyclic amines) is 1. The van der Waals surface area contributed by atoms with Crippen molar-refractivity contribution in [1.82, 2.24) is 10.2 Å². The van der Waals surface area contributed by atoms with E-state index in [0.717, 1.165) is 69.1 Å². The fourth-order valence-electron chi connectivity index (χ4n) is 6.88. The van der Waals surface area contributed by atoms with Gasteiger partial charge in [0.15, 0.2) is 0 Å². The summed E-state index contributed by atoms with van der Waals surface area (Å²) in [6.07, 6.45) is 1.67. The lowest BCUT2D eigenvalue weighted by Gasteiger charge is -2.32. The highest BCUT2D eigenvalue weighted by atomic mass is 16.5. The van der Waals surface area contributed by atoms with Gasteiger partial charge in [0.05, 0.1) is 12.7 Å². The Labute approximate surface area is 339 Å². The van der Waals surface area contributed by atoms with Crippen LogP contribution in [0.2, 0.25) is 0 Å². The summed E-state index contributed by atoms with van der Waals surface area (Å²) in [6, 6.07) is 46.4. The molecule has 1 saturated heterocycles. The molecule has 2 amide bonds. The first-order valence-corrected chi connectivity index (χ1v) is 19.5. The number of nitrogens with one attached hydrogen (secondary N) is 1. The number of methoxy groups -OCH3 is 1. The van der Waals surface area contributed by atoms with Crippen molar-refractivity contribution in [3.63, 3.8) is 0 Å². The van der Waals surface area contributed by atoms with Gasteiger partial charge in [0.1, 0.15) is 24.2 Å². The average molecular weight is 774 g/mol. The predicted octanol–water partition coefficient (Wildman–Crippen LogP) is 9.41. The zero-order valence-electron chi connectivity index (χ0n) is 33.0. The molecule has 6 aromatic carbocycles. The number of hydrogen-bond donors (Lipinski definition) is 1. The zero-order valence-corrected chi connectivity index (χ0v) is 33.0. The Hall–Kier alpha value is -6.87. The molecule has 294 valence electrons. The Morgan fingerprint density at radius 2 is 1.28 bits per heavy atom. The second-order valence-electron chi connectivity index (χ2n) is 14.5. The van der Waals surface area contributed by atoms with E-state index in [1.807, 2.05) is 157 Å². The summed E-state index contributed by atoms with van der Waals surface area (Å²) < 4.78 is 17.1. The van der Waals surface area contributed by atoms with Gasteiger partial charge in [-0.25, -0.2) is 4.79 Å². The molecule has 58 heavy (non-hydrogen) atoms. The molecule has 1 aliphatic heterocycles. The van der Waals surface area contributed by atoms with Crippen molar-refractivity contribution in [3.05, 3.63) is 179 Å². The van der Waals surface area contributed by atoms with Crippen LogP contribution < -0.4 is 19.7 Å². The van der Waals surface area contributed by atoms with Gasteiger partial charge in [0.2, 0.25) is 0 Å². The van der Waals surface area contributed by atoms with Crippen LogP contribution in [0.4, 0.5) is 11.4 Å². The Bertz CT molecular complexity index is 2320. The molecule has 0 aliphatic carbocycles. The van der Waals surface area contributed by atoms with Crippen LogP contribution in [0.3, 0.4) is 0 Å². The summed E-state index contributed by atoms with van der Waals surface area (Å²) in [4.78, 5) is 41.6. The zero-order chi connectivity index (χ0) is 40.4. The Morgan fingerprint density at radius 3 is 1.93 bits per heavy atom. The summed E-state index contributed by atoms with van der Waals surface area (Å²) in [5.74, 6) is 1.13. The van der Waals surface area contributed by atoms with Gasteiger partial charge in [-0.05, 0) is 114 Å². The molecule has 9 nitrogen and oxygen atoms in total. The smallest absolute Gasteiger partial charge is 0.337 e. The van der Waals surface area contributed by atoms with Crippen molar-refractivity contribution in [3.8, 4) is 22.6 Å². The van der Waals surface area contributed by atoms with Crippen LogP contribution in [-0.4, -0.2) is 56.0 Å². The first kappa shape index (κ1) is 39.4. The van der Waals surface area contributed by atoms with Crippen LogP contribution in [0.25, 0.3) is 11.1 Å². The SMILES string of the molecule is COC(=O)c1ccc(N(C)c2cccc(CNC(=O)c3ccc(-c4ccc(OCc5ccc(OC6CCN(C(=O)c7ccc(C)cc7)CC6)cc5)cc4)cc3)c2)cc1. The summed E-state index contributed by atoms with van der Waals surface area (Å²) >= 11 is 0. The number of rotatable bonds is 13. The number of aryl methyl sites for hydroxylation is 1. The molecule has 0 bridgehead atoms. The predicted molar refractivity (Wildman–Crippen MR) is 227 cm³/mol. The van der Waals surface area contributed by atoms with Crippen molar-refractivity contribution in [2.75, 3.05) is 32.1 Å². The van der Waals surface area contributed by atoms with Gasteiger partial charge in [0.25, 0.3) is 11.8 Å². The monoisotopic (exact) mass is 773 g/mol. The van der Waals surface area contributed by atoms with Crippen LogP contribution in [0.5, 0.6) is 11.5 Å². The van der Waals surface area contributed by atoms with Crippen LogP contribution in [0.15, 0.2) is 146 Å². The van der Waals surface area contributed by atoms with Gasteiger partial charge < -0.3 is 29.3 Å². The second kappa shape index (κ2) is 18.4. The van der Waals surface area contributed by atoms with Crippen molar-refractivity contribution in [2.24, 2.45) is 0 Å². The van der Waals surface area contributed by atoms with Crippen LogP contribution in [0.1, 0.15) is 60.6 Å². The fraction of sp³-hybridized carbons (Fsp3) is 0.204. The van der Waals surface area contributed by atoms with E-state index in [0.29, 0.717) is 37.4 Å². The minimum atomic E-state index is -0.373. The number of esters is 1. The molecular weight excluding hydrogens is 727 g/mol. The van der Waals surface area contributed by atoms with E-state index in [9.17, 15) is 14.4 Å². The molecular formula is C49H47N3O6. The standard InChI is InChI=1S/C49H47N3O6/c1-34-7-11-40(12-8-34)48(54)52-29-27-46(28-30-52)58-45-23-9-35(10-24-45)33-57-44-25-19-38(20-26-44)37-13-15-39(16-14-37)47(53)50-32-36-5-4-6-43(31-36)51(2)42-21-17-41(18-22-42)49(55)56-3/h4-26,31,46H,27-30,32-33H2,1-3H3,(H,50,53). The second-order valence-corrected chi connectivity index (χ2v) is 14.5. The number of nitrogens with zero attached hydrogens (tertiary/aromatic N) is 2. The third kappa shape index (κ3) is 9.92. The van der Waals surface area contributed by atoms with Gasteiger partial charge >= 0.3 is 5.97 Å². The summed E-state index contributed by atoms with van der Waals surface area (Å²) in [7, 11) is 3.32. The molecule has 1 aliphatic rings. The normalized spacial score (nSPS) is 12.7. The minimum Gasteiger partial charge on any atom is -0.490 e. The van der Waals surface area contributed by atoms with Gasteiger partial charge in [-0.3, -0.25) is 9.59 Å². The van der Waals surface area contributed by atoms with Crippen molar-refractivity contribution < 1.29 is 28.6 Å². The van der Waals surface area contributed by atoms with E-state index in [4.69, 9.17) is 14.2 Å². The quantitative estimate of drug-likeness (QED) is 0.117. The van der Waals surface area contributed by atoms with E-state index in [2.05, 4.69) is 5.32 Å². The topological polar surface area (TPSA) is 97.4 Å². The molecule has 1 N–H and O–H groups in total. The Kier molecular flexibility index (Phi) is 12.5. The van der Waals surface area contributed by atoms with Crippen LogP contribution in [-0.2, 0) is 17.9 Å². The number of piperidine rings is 1. The number of carbonyl (C=O) groups excluding carboxylic acids is 3. The van der Waals surface area contributed by atoms with Gasteiger partial charge in [-0.2, -0.15) is 0 Å².